The summed E-state index contributed by atoms with van der Waals surface area (Å²) >= 11 is 0. The SMILES string of the molecule is Cn1nnnc1C1CN(C(=O)c2ccc3c(=O)n(C)cnc3c2)CCO1. The highest BCUT2D eigenvalue weighted by atomic mass is 16.5. The van der Waals surface area contributed by atoms with Crippen molar-refractivity contribution in [3.05, 3.63) is 46.3 Å². The van der Waals surface area contributed by atoms with Gasteiger partial charge in [0.2, 0.25) is 0 Å². The predicted octanol–water partition coefficient (Wildman–Crippen LogP) is -0.329. The Labute approximate surface area is 148 Å². The van der Waals surface area contributed by atoms with Crippen molar-refractivity contribution in [3.8, 4) is 0 Å². The molecule has 1 aromatic carbocycles. The van der Waals surface area contributed by atoms with Crippen LogP contribution in [0.15, 0.2) is 29.3 Å². The first-order valence-electron chi connectivity index (χ1n) is 8.13. The molecule has 0 radical (unpaired) electrons. The van der Waals surface area contributed by atoms with Crippen LogP contribution >= 0.6 is 0 Å². The van der Waals surface area contributed by atoms with Gasteiger partial charge < -0.3 is 14.2 Å². The number of amides is 1. The van der Waals surface area contributed by atoms with E-state index < -0.39 is 0 Å². The van der Waals surface area contributed by atoms with Crippen molar-refractivity contribution >= 4 is 16.8 Å². The molecule has 1 saturated heterocycles. The van der Waals surface area contributed by atoms with Gasteiger partial charge in [0.05, 0.1) is 30.4 Å². The topological polar surface area (TPSA) is 108 Å². The number of aromatic nitrogens is 6. The molecular formula is C16H17N7O3. The molecule has 1 aliphatic rings. The smallest absolute Gasteiger partial charge is 0.260 e. The molecular weight excluding hydrogens is 338 g/mol. The zero-order valence-electron chi connectivity index (χ0n) is 14.4. The quantitative estimate of drug-likeness (QED) is 0.619. The number of carbonyl (C=O) groups is 1. The van der Waals surface area contributed by atoms with E-state index >= 15 is 0 Å². The first-order chi connectivity index (χ1) is 12.5. The van der Waals surface area contributed by atoms with Gasteiger partial charge in [-0.3, -0.25) is 9.59 Å². The zero-order valence-corrected chi connectivity index (χ0v) is 14.4. The molecule has 3 heterocycles. The van der Waals surface area contributed by atoms with Gasteiger partial charge >= 0.3 is 0 Å². The second-order valence-corrected chi connectivity index (χ2v) is 6.16. The van der Waals surface area contributed by atoms with Crippen LogP contribution in [0.25, 0.3) is 10.9 Å². The number of hydrogen-bond acceptors (Lipinski definition) is 7. The number of rotatable bonds is 2. The van der Waals surface area contributed by atoms with Crippen LogP contribution in [0.1, 0.15) is 22.3 Å². The van der Waals surface area contributed by atoms with E-state index in [0.717, 1.165) is 0 Å². The third-order valence-electron chi connectivity index (χ3n) is 4.46. The van der Waals surface area contributed by atoms with E-state index in [9.17, 15) is 9.59 Å². The van der Waals surface area contributed by atoms with E-state index in [0.29, 0.717) is 42.0 Å². The summed E-state index contributed by atoms with van der Waals surface area (Å²) in [7, 11) is 3.37. The van der Waals surface area contributed by atoms with Crippen molar-refractivity contribution in [1.29, 1.82) is 0 Å². The number of nitrogens with zero attached hydrogens (tertiary/aromatic N) is 7. The van der Waals surface area contributed by atoms with Gasteiger partial charge in [0.1, 0.15) is 6.10 Å². The van der Waals surface area contributed by atoms with E-state index in [1.165, 1.54) is 15.6 Å². The summed E-state index contributed by atoms with van der Waals surface area (Å²) in [5.74, 6) is 0.434. The Bertz CT molecular complexity index is 1040. The molecule has 1 aliphatic heterocycles. The van der Waals surface area contributed by atoms with Gasteiger partial charge in [-0.05, 0) is 28.6 Å². The molecule has 0 saturated carbocycles. The lowest BCUT2D eigenvalue weighted by Crippen LogP contribution is -2.42. The Balaban J connectivity index is 1.61. The number of morpholine rings is 1. The number of ether oxygens (including phenoxy) is 1. The lowest BCUT2D eigenvalue weighted by atomic mass is 10.1. The molecule has 0 spiro atoms. The maximum absolute atomic E-state index is 12.9. The maximum Gasteiger partial charge on any atom is 0.260 e. The van der Waals surface area contributed by atoms with Gasteiger partial charge in [-0.15, -0.1) is 5.10 Å². The van der Waals surface area contributed by atoms with Crippen LogP contribution in [0, 0.1) is 0 Å². The Morgan fingerprint density at radius 3 is 2.92 bits per heavy atom. The minimum Gasteiger partial charge on any atom is -0.366 e. The molecule has 0 bridgehead atoms. The van der Waals surface area contributed by atoms with Crippen LogP contribution < -0.4 is 5.56 Å². The Morgan fingerprint density at radius 1 is 1.31 bits per heavy atom. The minimum atomic E-state index is -0.376. The summed E-state index contributed by atoms with van der Waals surface area (Å²) < 4.78 is 8.65. The van der Waals surface area contributed by atoms with Crippen LogP contribution in [0.4, 0.5) is 0 Å². The van der Waals surface area contributed by atoms with Crippen molar-refractivity contribution in [1.82, 2.24) is 34.7 Å². The second kappa shape index (κ2) is 6.30. The van der Waals surface area contributed by atoms with E-state index in [1.807, 2.05) is 0 Å². The molecule has 0 aliphatic carbocycles. The average molecular weight is 355 g/mol. The monoisotopic (exact) mass is 355 g/mol. The summed E-state index contributed by atoms with van der Waals surface area (Å²) in [5.41, 5.74) is 0.839. The third kappa shape index (κ3) is 2.73. The fraction of sp³-hybridized carbons (Fsp3) is 0.375. The highest BCUT2D eigenvalue weighted by molar-refractivity contribution is 5.97. The standard InChI is InChI=1S/C16H17N7O3/c1-21-9-17-12-7-10(3-4-11(12)16(21)25)15(24)23-5-6-26-13(8-23)14-18-19-20-22(14)2/h3-4,7,9,13H,5-6,8H2,1-2H3. The molecule has 1 atom stereocenters. The molecule has 1 fully saturated rings. The molecule has 1 unspecified atom stereocenters. The lowest BCUT2D eigenvalue weighted by Gasteiger charge is -2.32. The molecule has 10 nitrogen and oxygen atoms in total. The van der Waals surface area contributed by atoms with Crippen molar-refractivity contribution in [3.63, 3.8) is 0 Å². The van der Waals surface area contributed by atoms with Gasteiger partial charge in [-0.25, -0.2) is 9.67 Å². The predicted molar refractivity (Wildman–Crippen MR) is 90.4 cm³/mol. The van der Waals surface area contributed by atoms with Crippen LogP contribution in [-0.2, 0) is 18.8 Å². The molecule has 3 aromatic rings. The molecule has 10 heteroatoms. The van der Waals surface area contributed by atoms with E-state index in [4.69, 9.17) is 4.74 Å². The number of carbonyl (C=O) groups excluding carboxylic acids is 1. The summed E-state index contributed by atoms with van der Waals surface area (Å²) in [6, 6.07) is 4.94. The van der Waals surface area contributed by atoms with Crippen molar-refractivity contribution in [2.24, 2.45) is 14.1 Å². The highest BCUT2D eigenvalue weighted by Crippen LogP contribution is 2.21. The minimum absolute atomic E-state index is 0.141. The molecule has 26 heavy (non-hydrogen) atoms. The Hall–Kier alpha value is -3.14. The summed E-state index contributed by atoms with van der Waals surface area (Å²) in [4.78, 5) is 30.9. The number of benzene rings is 1. The van der Waals surface area contributed by atoms with Crippen molar-refractivity contribution in [2.75, 3.05) is 19.7 Å². The average Bonchev–Trinajstić information content (AvgIpc) is 3.10. The summed E-state index contributed by atoms with van der Waals surface area (Å²) in [6.45, 7) is 1.23. The maximum atomic E-state index is 12.9. The van der Waals surface area contributed by atoms with E-state index in [1.54, 1.807) is 37.2 Å². The molecule has 1 amide bonds. The van der Waals surface area contributed by atoms with Crippen LogP contribution in [0.5, 0.6) is 0 Å². The van der Waals surface area contributed by atoms with E-state index in [2.05, 4.69) is 20.5 Å². The number of fused-ring (bicyclic) bond motifs is 1. The van der Waals surface area contributed by atoms with E-state index in [-0.39, 0.29) is 17.6 Å². The Morgan fingerprint density at radius 2 is 2.15 bits per heavy atom. The molecule has 4 rings (SSSR count). The normalized spacial score (nSPS) is 17.6. The van der Waals surface area contributed by atoms with Gasteiger partial charge in [-0.2, -0.15) is 0 Å². The summed E-state index contributed by atoms with van der Waals surface area (Å²) in [5, 5.41) is 11.9. The largest absolute Gasteiger partial charge is 0.366 e. The number of hydrogen-bond donors (Lipinski definition) is 0. The molecule has 134 valence electrons. The second-order valence-electron chi connectivity index (χ2n) is 6.16. The molecule has 2 aromatic heterocycles. The van der Waals surface area contributed by atoms with Gasteiger partial charge in [-0.1, -0.05) is 0 Å². The fourth-order valence-electron chi connectivity index (χ4n) is 3.03. The molecule has 0 N–H and O–H groups in total. The summed E-state index contributed by atoms with van der Waals surface area (Å²) in [6.07, 6.45) is 1.07. The first-order valence-corrected chi connectivity index (χ1v) is 8.13. The van der Waals surface area contributed by atoms with Gasteiger partial charge in [0.15, 0.2) is 5.82 Å². The first kappa shape index (κ1) is 16.3. The van der Waals surface area contributed by atoms with Crippen LogP contribution in [0.2, 0.25) is 0 Å². The lowest BCUT2D eigenvalue weighted by molar-refractivity contribution is -0.0284. The third-order valence-corrected chi connectivity index (χ3v) is 4.46. The van der Waals surface area contributed by atoms with Gasteiger partial charge in [0.25, 0.3) is 11.5 Å². The Kier molecular flexibility index (Phi) is 3.96. The number of aryl methyl sites for hydroxylation is 2. The van der Waals surface area contributed by atoms with Gasteiger partial charge in [0, 0.05) is 26.2 Å². The van der Waals surface area contributed by atoms with Crippen molar-refractivity contribution in [2.45, 2.75) is 6.10 Å². The highest BCUT2D eigenvalue weighted by Gasteiger charge is 2.29. The van der Waals surface area contributed by atoms with Crippen LogP contribution in [0.3, 0.4) is 0 Å². The zero-order chi connectivity index (χ0) is 18.3. The van der Waals surface area contributed by atoms with Crippen molar-refractivity contribution < 1.29 is 9.53 Å². The van der Waals surface area contributed by atoms with Crippen LogP contribution in [-0.4, -0.2) is 60.3 Å². The number of tetrazole rings is 1. The fourth-order valence-corrected chi connectivity index (χ4v) is 3.03.